The molecular formula is C17H21ClO. The fourth-order valence-corrected chi connectivity index (χ4v) is 3.02. The summed E-state index contributed by atoms with van der Waals surface area (Å²) in [5.41, 5.74) is 0.939. The Morgan fingerprint density at radius 2 is 1.84 bits per heavy atom. The molecule has 2 unspecified atom stereocenters. The van der Waals surface area contributed by atoms with Gasteiger partial charge >= 0.3 is 0 Å². The van der Waals surface area contributed by atoms with Crippen LogP contribution >= 0.6 is 11.6 Å². The predicted molar refractivity (Wildman–Crippen MR) is 80.6 cm³/mol. The van der Waals surface area contributed by atoms with Crippen molar-refractivity contribution in [3.05, 3.63) is 29.8 Å². The van der Waals surface area contributed by atoms with Gasteiger partial charge in [-0.15, -0.1) is 11.6 Å². The molecule has 0 amide bonds. The van der Waals surface area contributed by atoms with Gasteiger partial charge in [0.05, 0.1) is 17.5 Å². The van der Waals surface area contributed by atoms with Crippen LogP contribution in [0.5, 0.6) is 5.75 Å². The molecule has 0 spiro atoms. The lowest BCUT2D eigenvalue weighted by atomic mass is 9.82. The van der Waals surface area contributed by atoms with Crippen LogP contribution in [-0.2, 0) is 0 Å². The van der Waals surface area contributed by atoms with E-state index in [1.807, 2.05) is 24.3 Å². The molecule has 0 aromatic heterocycles. The van der Waals surface area contributed by atoms with Crippen LogP contribution in [0.1, 0.15) is 38.7 Å². The Bertz CT molecular complexity index is 462. The Kier molecular flexibility index (Phi) is 5.16. The maximum Gasteiger partial charge on any atom is 0.135 e. The molecule has 0 heterocycles. The highest BCUT2D eigenvalue weighted by molar-refractivity contribution is 6.19. The average Bonchev–Trinajstić information content (AvgIpc) is 2.36. The standard InChI is InChI=1S/C17H21ClO/c1-13-10-14(2)12-16(11-13)19-17-8-4-3-6-15(17)7-5-9-18/h3-4,6,8,13-14,16H,9-12H2,1-2H3. The van der Waals surface area contributed by atoms with E-state index in [-0.39, 0.29) is 0 Å². The van der Waals surface area contributed by atoms with Gasteiger partial charge in [0.15, 0.2) is 0 Å². The summed E-state index contributed by atoms with van der Waals surface area (Å²) >= 11 is 5.62. The molecule has 0 N–H and O–H groups in total. The van der Waals surface area contributed by atoms with Gasteiger partial charge in [-0.1, -0.05) is 37.8 Å². The maximum absolute atomic E-state index is 6.18. The molecule has 1 aliphatic carbocycles. The van der Waals surface area contributed by atoms with E-state index in [1.165, 1.54) is 6.42 Å². The van der Waals surface area contributed by atoms with E-state index in [2.05, 4.69) is 25.7 Å². The second-order valence-corrected chi connectivity index (χ2v) is 5.86. The van der Waals surface area contributed by atoms with Gasteiger partial charge in [-0.2, -0.15) is 0 Å². The number of hydrogen-bond donors (Lipinski definition) is 0. The van der Waals surface area contributed by atoms with Crippen LogP contribution in [0.15, 0.2) is 24.3 Å². The Hall–Kier alpha value is -1.13. The van der Waals surface area contributed by atoms with E-state index in [1.54, 1.807) is 0 Å². The second kappa shape index (κ2) is 6.87. The normalized spacial score (nSPS) is 26.4. The molecule has 0 bridgehead atoms. The highest BCUT2D eigenvalue weighted by Gasteiger charge is 2.25. The molecule has 2 heteroatoms. The van der Waals surface area contributed by atoms with Crippen molar-refractivity contribution in [1.29, 1.82) is 0 Å². The first-order chi connectivity index (χ1) is 9.19. The van der Waals surface area contributed by atoms with Crippen LogP contribution in [0, 0.1) is 23.7 Å². The number of para-hydroxylation sites is 1. The van der Waals surface area contributed by atoms with E-state index in [0.29, 0.717) is 12.0 Å². The van der Waals surface area contributed by atoms with Crippen molar-refractivity contribution in [3.63, 3.8) is 0 Å². The van der Waals surface area contributed by atoms with E-state index < -0.39 is 0 Å². The minimum atomic E-state index is 0.317. The molecule has 19 heavy (non-hydrogen) atoms. The topological polar surface area (TPSA) is 9.23 Å². The van der Waals surface area contributed by atoms with Gasteiger partial charge in [0.25, 0.3) is 0 Å². The molecule has 1 nitrogen and oxygen atoms in total. The molecule has 0 aliphatic heterocycles. The molecule has 2 rings (SSSR count). The number of ether oxygens (including phenoxy) is 1. The summed E-state index contributed by atoms with van der Waals surface area (Å²) in [5.74, 6) is 8.70. The molecule has 1 aromatic carbocycles. The van der Waals surface area contributed by atoms with Crippen molar-refractivity contribution in [1.82, 2.24) is 0 Å². The SMILES string of the molecule is CC1CC(C)CC(Oc2ccccc2C#CCCl)C1. The zero-order valence-electron chi connectivity index (χ0n) is 11.7. The van der Waals surface area contributed by atoms with Crippen molar-refractivity contribution >= 4 is 11.6 Å². The average molecular weight is 277 g/mol. The third-order valence-electron chi connectivity index (χ3n) is 3.61. The van der Waals surface area contributed by atoms with Crippen LogP contribution in [0.4, 0.5) is 0 Å². The van der Waals surface area contributed by atoms with E-state index in [9.17, 15) is 0 Å². The van der Waals surface area contributed by atoms with Crippen molar-refractivity contribution in [2.45, 2.75) is 39.2 Å². The maximum atomic E-state index is 6.18. The highest BCUT2D eigenvalue weighted by Crippen LogP contribution is 2.32. The molecule has 1 aliphatic rings. The van der Waals surface area contributed by atoms with Gasteiger partial charge in [-0.05, 0) is 43.2 Å². The van der Waals surface area contributed by atoms with Gasteiger partial charge in [-0.25, -0.2) is 0 Å². The number of halogens is 1. The molecule has 1 fully saturated rings. The molecule has 0 saturated heterocycles. The summed E-state index contributed by atoms with van der Waals surface area (Å²) in [6.45, 7) is 4.62. The fourth-order valence-electron chi connectivity index (χ4n) is 2.95. The molecule has 2 atom stereocenters. The second-order valence-electron chi connectivity index (χ2n) is 5.59. The zero-order chi connectivity index (χ0) is 13.7. The van der Waals surface area contributed by atoms with E-state index >= 15 is 0 Å². The summed E-state index contributed by atoms with van der Waals surface area (Å²) in [5, 5.41) is 0. The summed E-state index contributed by atoms with van der Waals surface area (Å²) in [6.07, 6.45) is 3.91. The third kappa shape index (κ3) is 4.18. The first-order valence-corrected chi connectivity index (χ1v) is 7.53. The Balaban J connectivity index is 2.10. The third-order valence-corrected chi connectivity index (χ3v) is 3.74. The smallest absolute Gasteiger partial charge is 0.135 e. The first-order valence-electron chi connectivity index (χ1n) is 6.99. The molecule has 0 radical (unpaired) electrons. The number of hydrogen-bond acceptors (Lipinski definition) is 1. The van der Waals surface area contributed by atoms with Crippen LogP contribution in [-0.4, -0.2) is 12.0 Å². The van der Waals surface area contributed by atoms with Crippen LogP contribution < -0.4 is 4.74 Å². The first kappa shape index (κ1) is 14.3. The van der Waals surface area contributed by atoms with Crippen LogP contribution in [0.3, 0.4) is 0 Å². The largest absolute Gasteiger partial charge is 0.489 e. The minimum Gasteiger partial charge on any atom is -0.489 e. The molecular weight excluding hydrogens is 256 g/mol. The van der Waals surface area contributed by atoms with Gasteiger partial charge in [-0.3, -0.25) is 0 Å². The van der Waals surface area contributed by atoms with E-state index in [0.717, 1.165) is 36.0 Å². The lowest BCUT2D eigenvalue weighted by Gasteiger charge is -2.31. The Labute approximate surface area is 121 Å². The van der Waals surface area contributed by atoms with Gasteiger partial charge in [0.2, 0.25) is 0 Å². The lowest BCUT2D eigenvalue weighted by molar-refractivity contribution is 0.101. The monoisotopic (exact) mass is 276 g/mol. The van der Waals surface area contributed by atoms with Crippen LogP contribution in [0.25, 0.3) is 0 Å². The molecule has 1 saturated carbocycles. The summed E-state index contributed by atoms with van der Waals surface area (Å²) < 4.78 is 6.18. The Morgan fingerprint density at radius 3 is 2.53 bits per heavy atom. The zero-order valence-corrected chi connectivity index (χ0v) is 12.4. The summed E-state index contributed by atoms with van der Waals surface area (Å²) in [6, 6.07) is 7.97. The van der Waals surface area contributed by atoms with Gasteiger partial charge in [0.1, 0.15) is 5.75 Å². The lowest BCUT2D eigenvalue weighted by Crippen LogP contribution is -2.28. The van der Waals surface area contributed by atoms with Crippen LogP contribution in [0.2, 0.25) is 0 Å². The highest BCUT2D eigenvalue weighted by atomic mass is 35.5. The molecule has 102 valence electrons. The number of alkyl halides is 1. The van der Waals surface area contributed by atoms with Gasteiger partial charge < -0.3 is 4.74 Å². The van der Waals surface area contributed by atoms with Crippen molar-refractivity contribution < 1.29 is 4.74 Å². The van der Waals surface area contributed by atoms with Crippen molar-refractivity contribution in [2.75, 3.05) is 5.88 Å². The minimum absolute atomic E-state index is 0.317. The van der Waals surface area contributed by atoms with Gasteiger partial charge in [0, 0.05) is 0 Å². The molecule has 1 aromatic rings. The Morgan fingerprint density at radius 1 is 1.16 bits per heavy atom. The summed E-state index contributed by atoms with van der Waals surface area (Å²) in [4.78, 5) is 0. The number of benzene rings is 1. The number of rotatable bonds is 2. The van der Waals surface area contributed by atoms with Crippen molar-refractivity contribution in [2.24, 2.45) is 11.8 Å². The summed E-state index contributed by atoms with van der Waals surface area (Å²) in [7, 11) is 0. The predicted octanol–water partition coefficient (Wildman–Crippen LogP) is 4.48. The fraction of sp³-hybridized carbons (Fsp3) is 0.529. The van der Waals surface area contributed by atoms with E-state index in [4.69, 9.17) is 16.3 Å². The quantitative estimate of drug-likeness (QED) is 0.572. The van der Waals surface area contributed by atoms with Crippen molar-refractivity contribution in [3.8, 4) is 17.6 Å².